The summed E-state index contributed by atoms with van der Waals surface area (Å²) >= 11 is 4.86. The quantitative estimate of drug-likeness (QED) is 0.381. The van der Waals surface area contributed by atoms with Crippen molar-refractivity contribution in [2.75, 3.05) is 17.7 Å². The number of rotatable bonds is 7. The summed E-state index contributed by atoms with van der Waals surface area (Å²) in [6.45, 7) is 5.08. The smallest absolute Gasteiger partial charge is 0.316 e. The summed E-state index contributed by atoms with van der Waals surface area (Å²) in [6.07, 6.45) is 0. The van der Waals surface area contributed by atoms with Gasteiger partial charge in [0.25, 0.3) is 5.91 Å². The summed E-state index contributed by atoms with van der Waals surface area (Å²) < 4.78 is 6.05. The maximum atomic E-state index is 11.9. The van der Waals surface area contributed by atoms with Gasteiger partial charge in [0.1, 0.15) is 0 Å². The van der Waals surface area contributed by atoms with Gasteiger partial charge in [-0.3, -0.25) is 14.4 Å². The number of benzene rings is 2. The van der Waals surface area contributed by atoms with Gasteiger partial charge in [-0.25, -0.2) is 0 Å². The molecule has 0 unspecified atom stereocenters. The Morgan fingerprint density at radius 1 is 1.07 bits per heavy atom. The second-order valence-corrected chi connectivity index (χ2v) is 7.87. The minimum Gasteiger partial charge on any atom is -0.455 e. The van der Waals surface area contributed by atoms with E-state index in [-0.39, 0.29) is 18.1 Å². The van der Waals surface area contributed by atoms with E-state index in [0.717, 1.165) is 20.5 Å². The predicted octanol–water partition coefficient (Wildman–Crippen LogP) is 4.54. The van der Waals surface area contributed by atoms with Crippen LogP contribution in [0.1, 0.15) is 28.4 Å². The van der Waals surface area contributed by atoms with Gasteiger partial charge in [-0.05, 0) is 68.3 Å². The molecule has 0 spiro atoms. The van der Waals surface area contributed by atoms with Crippen LogP contribution in [0.2, 0.25) is 0 Å². The van der Waals surface area contributed by atoms with Gasteiger partial charge in [-0.2, -0.15) is 0 Å². The molecule has 0 saturated carbocycles. The lowest BCUT2D eigenvalue weighted by Gasteiger charge is -2.09. The third-order valence-corrected chi connectivity index (χ3v) is 5.73. The number of halogens is 1. The Labute approximate surface area is 171 Å². The number of carbonyl (C=O) groups excluding carboxylic acids is 3. The van der Waals surface area contributed by atoms with Crippen molar-refractivity contribution < 1.29 is 19.1 Å². The molecule has 0 bridgehead atoms. The second-order valence-electron chi connectivity index (χ2n) is 6.00. The first-order valence-electron chi connectivity index (χ1n) is 8.22. The first-order valence-corrected chi connectivity index (χ1v) is 10.00. The average molecular weight is 450 g/mol. The van der Waals surface area contributed by atoms with Crippen LogP contribution in [0.15, 0.2) is 45.8 Å². The summed E-state index contributed by atoms with van der Waals surface area (Å²) in [5.41, 5.74) is 3.26. The molecule has 7 heteroatoms. The van der Waals surface area contributed by atoms with E-state index < -0.39 is 11.9 Å². The van der Waals surface area contributed by atoms with Gasteiger partial charge in [0.2, 0.25) is 0 Å². The van der Waals surface area contributed by atoms with Crippen molar-refractivity contribution in [3.8, 4) is 0 Å². The Hall–Kier alpha value is -2.12. The molecular weight excluding hydrogens is 430 g/mol. The Kier molecular flexibility index (Phi) is 7.62. The number of anilines is 1. The molecule has 0 saturated heterocycles. The molecule has 0 fully saturated rings. The first-order chi connectivity index (χ1) is 12.8. The predicted molar refractivity (Wildman–Crippen MR) is 110 cm³/mol. The number of esters is 1. The van der Waals surface area contributed by atoms with Crippen LogP contribution in [-0.2, 0) is 14.3 Å². The standard InChI is InChI=1S/C20H20BrNO4S/c1-12-9-18(13(2)8-17(12)21)27-11-20(25)26-10-19(24)22-16-6-4-15(5-7-16)14(3)23/h4-9H,10-11H2,1-3H3,(H,22,24). The third kappa shape index (κ3) is 6.52. The number of Topliss-reactive ketones (excluding diaryl/α,β-unsaturated/α-hetero) is 1. The van der Waals surface area contributed by atoms with Gasteiger partial charge >= 0.3 is 5.97 Å². The van der Waals surface area contributed by atoms with Gasteiger partial charge in [0.05, 0.1) is 5.75 Å². The topological polar surface area (TPSA) is 72.5 Å². The number of ketones is 1. The molecule has 0 aliphatic heterocycles. The Morgan fingerprint density at radius 2 is 1.74 bits per heavy atom. The highest BCUT2D eigenvalue weighted by molar-refractivity contribution is 9.10. The van der Waals surface area contributed by atoms with Crippen molar-refractivity contribution in [2.45, 2.75) is 25.7 Å². The van der Waals surface area contributed by atoms with Gasteiger partial charge < -0.3 is 10.1 Å². The van der Waals surface area contributed by atoms with Gasteiger partial charge in [-0.15, -0.1) is 11.8 Å². The second kappa shape index (κ2) is 9.71. The Morgan fingerprint density at radius 3 is 2.37 bits per heavy atom. The number of aryl methyl sites for hydroxylation is 2. The zero-order valence-corrected chi connectivity index (χ0v) is 17.7. The van der Waals surface area contributed by atoms with E-state index in [9.17, 15) is 14.4 Å². The lowest BCUT2D eigenvalue weighted by atomic mass is 10.1. The van der Waals surface area contributed by atoms with Crippen molar-refractivity contribution in [3.05, 3.63) is 57.6 Å². The van der Waals surface area contributed by atoms with Gasteiger partial charge in [-0.1, -0.05) is 15.9 Å². The number of nitrogens with one attached hydrogen (secondary N) is 1. The molecular formula is C20H20BrNO4S. The van der Waals surface area contributed by atoms with Crippen LogP contribution in [0.25, 0.3) is 0 Å². The molecule has 142 valence electrons. The number of ether oxygens (including phenoxy) is 1. The lowest BCUT2D eigenvalue weighted by molar-refractivity contribution is -0.144. The van der Waals surface area contributed by atoms with Crippen LogP contribution in [0.5, 0.6) is 0 Å². The molecule has 0 radical (unpaired) electrons. The molecule has 0 heterocycles. The molecule has 1 N–H and O–H groups in total. The molecule has 2 aromatic rings. The molecule has 5 nitrogen and oxygen atoms in total. The molecule has 0 aliphatic rings. The van der Waals surface area contributed by atoms with Gasteiger partial charge in [0.15, 0.2) is 12.4 Å². The monoisotopic (exact) mass is 449 g/mol. The lowest BCUT2D eigenvalue weighted by Crippen LogP contribution is -2.21. The minimum absolute atomic E-state index is 0.0458. The Bertz CT molecular complexity index is 865. The summed E-state index contributed by atoms with van der Waals surface area (Å²) in [7, 11) is 0. The van der Waals surface area contributed by atoms with Crippen LogP contribution in [0.3, 0.4) is 0 Å². The largest absolute Gasteiger partial charge is 0.455 e. The summed E-state index contributed by atoms with van der Waals surface area (Å²) in [5, 5.41) is 2.62. The summed E-state index contributed by atoms with van der Waals surface area (Å²) in [4.78, 5) is 36.0. The minimum atomic E-state index is -0.456. The molecule has 0 atom stereocenters. The van der Waals surface area contributed by atoms with Crippen LogP contribution in [0, 0.1) is 13.8 Å². The Balaban J connectivity index is 1.78. The first kappa shape index (κ1) is 21.2. The van der Waals surface area contributed by atoms with Crippen LogP contribution >= 0.6 is 27.7 Å². The van der Waals surface area contributed by atoms with Crippen molar-refractivity contribution in [3.63, 3.8) is 0 Å². The third-order valence-electron chi connectivity index (χ3n) is 3.74. The van der Waals surface area contributed by atoms with Crippen LogP contribution in [0.4, 0.5) is 5.69 Å². The molecule has 0 aliphatic carbocycles. The fourth-order valence-corrected chi connectivity index (χ4v) is 3.58. The van der Waals surface area contributed by atoms with Crippen molar-refractivity contribution >= 4 is 51.0 Å². The van der Waals surface area contributed by atoms with E-state index >= 15 is 0 Å². The molecule has 27 heavy (non-hydrogen) atoms. The summed E-state index contributed by atoms with van der Waals surface area (Å²) in [6, 6.07) is 10.5. The summed E-state index contributed by atoms with van der Waals surface area (Å²) in [5.74, 6) is -0.806. The fraction of sp³-hybridized carbons (Fsp3) is 0.250. The maximum Gasteiger partial charge on any atom is 0.316 e. The van der Waals surface area contributed by atoms with E-state index in [0.29, 0.717) is 11.3 Å². The van der Waals surface area contributed by atoms with Gasteiger partial charge in [0, 0.05) is 20.6 Å². The highest BCUT2D eigenvalue weighted by Gasteiger charge is 2.11. The van der Waals surface area contributed by atoms with Crippen LogP contribution in [-0.4, -0.2) is 30.0 Å². The molecule has 1 amide bonds. The van der Waals surface area contributed by atoms with E-state index in [1.54, 1.807) is 24.3 Å². The molecule has 2 aromatic carbocycles. The van der Waals surface area contributed by atoms with E-state index in [1.807, 2.05) is 26.0 Å². The highest BCUT2D eigenvalue weighted by atomic mass is 79.9. The normalized spacial score (nSPS) is 10.4. The number of thioether (sulfide) groups is 1. The van der Waals surface area contributed by atoms with E-state index in [1.165, 1.54) is 18.7 Å². The SMILES string of the molecule is CC(=O)c1ccc(NC(=O)COC(=O)CSc2cc(C)c(Br)cc2C)cc1. The number of carbonyl (C=O) groups is 3. The van der Waals surface area contributed by atoms with Crippen molar-refractivity contribution in [1.29, 1.82) is 0 Å². The number of amides is 1. The maximum absolute atomic E-state index is 11.9. The van der Waals surface area contributed by atoms with Crippen molar-refractivity contribution in [1.82, 2.24) is 0 Å². The molecule has 2 rings (SSSR count). The number of hydrogen-bond donors (Lipinski definition) is 1. The zero-order chi connectivity index (χ0) is 20.0. The molecule has 0 aromatic heterocycles. The zero-order valence-electron chi connectivity index (χ0n) is 15.3. The average Bonchev–Trinajstić information content (AvgIpc) is 2.62. The fourth-order valence-electron chi connectivity index (χ4n) is 2.22. The highest BCUT2D eigenvalue weighted by Crippen LogP contribution is 2.28. The van der Waals surface area contributed by atoms with Crippen LogP contribution < -0.4 is 5.32 Å². The van der Waals surface area contributed by atoms with Crippen molar-refractivity contribution in [2.24, 2.45) is 0 Å². The van der Waals surface area contributed by atoms with E-state index in [4.69, 9.17) is 4.74 Å². The van der Waals surface area contributed by atoms with E-state index in [2.05, 4.69) is 21.2 Å². The number of hydrogen-bond acceptors (Lipinski definition) is 5.